The van der Waals surface area contributed by atoms with Crippen molar-refractivity contribution in [2.24, 2.45) is 0 Å². The second-order valence-electron chi connectivity index (χ2n) is 5.90. The van der Waals surface area contributed by atoms with E-state index < -0.39 is 21.7 Å². The molecule has 1 aromatic rings. The van der Waals surface area contributed by atoms with Gasteiger partial charge in [-0.05, 0) is 31.5 Å². The van der Waals surface area contributed by atoms with E-state index in [1.165, 1.54) is 15.3 Å². The van der Waals surface area contributed by atoms with Crippen LogP contribution in [0.5, 0.6) is 0 Å². The summed E-state index contributed by atoms with van der Waals surface area (Å²) in [6, 6.07) is 3.41. The Hall–Kier alpha value is -1.51. The highest BCUT2D eigenvalue weighted by Crippen LogP contribution is 2.21. The van der Waals surface area contributed by atoms with E-state index in [9.17, 15) is 17.6 Å². The van der Waals surface area contributed by atoms with Gasteiger partial charge in [0.15, 0.2) is 0 Å². The maximum absolute atomic E-state index is 14.2. The monoisotopic (exact) mass is 372 g/mol. The summed E-state index contributed by atoms with van der Waals surface area (Å²) in [7, 11) is -3.77. The molecule has 8 heteroatoms. The Balaban J connectivity index is 2.31. The normalized spacial score (nSPS) is 16.0. The number of carbonyl (C=O) groups excluding carboxylic acids is 1. The zero-order valence-electron chi connectivity index (χ0n) is 14.7. The zero-order valence-corrected chi connectivity index (χ0v) is 15.5. The lowest BCUT2D eigenvalue weighted by Crippen LogP contribution is -2.40. The number of amides is 1. The van der Waals surface area contributed by atoms with Crippen LogP contribution in [0.15, 0.2) is 23.1 Å². The fraction of sp³-hybridized carbons (Fsp3) is 0.588. The summed E-state index contributed by atoms with van der Waals surface area (Å²) in [4.78, 5) is 14.1. The number of rotatable bonds is 7. The van der Waals surface area contributed by atoms with Gasteiger partial charge < -0.3 is 9.64 Å². The summed E-state index contributed by atoms with van der Waals surface area (Å²) in [6.07, 6.45) is 1.73. The Kier molecular flexibility index (Phi) is 6.92. The molecule has 0 bridgehead atoms. The van der Waals surface area contributed by atoms with Crippen LogP contribution in [0.2, 0.25) is 0 Å². The highest BCUT2D eigenvalue weighted by molar-refractivity contribution is 7.89. The van der Waals surface area contributed by atoms with Crippen LogP contribution in [0.4, 0.5) is 4.39 Å². The van der Waals surface area contributed by atoms with Crippen molar-refractivity contribution in [1.82, 2.24) is 9.21 Å². The van der Waals surface area contributed by atoms with Crippen molar-refractivity contribution >= 4 is 15.9 Å². The number of ether oxygens (including phenoxy) is 1. The molecule has 0 saturated carbocycles. The minimum Gasteiger partial charge on any atom is -0.379 e. The highest BCUT2D eigenvalue weighted by Gasteiger charge is 2.28. The molecule has 1 aliphatic rings. The van der Waals surface area contributed by atoms with E-state index in [1.807, 2.05) is 13.8 Å². The molecule has 2 rings (SSSR count). The molecule has 1 amide bonds. The van der Waals surface area contributed by atoms with E-state index >= 15 is 0 Å². The van der Waals surface area contributed by atoms with E-state index in [-0.39, 0.29) is 23.5 Å². The van der Waals surface area contributed by atoms with Gasteiger partial charge in [-0.1, -0.05) is 13.3 Å². The average molecular weight is 372 g/mol. The first kappa shape index (κ1) is 19.8. The van der Waals surface area contributed by atoms with Crippen molar-refractivity contribution in [2.75, 3.05) is 39.4 Å². The number of unbranched alkanes of at least 4 members (excludes halogenated alkanes) is 1. The second-order valence-corrected chi connectivity index (χ2v) is 7.83. The molecular weight excluding hydrogens is 347 g/mol. The van der Waals surface area contributed by atoms with E-state index in [2.05, 4.69) is 0 Å². The third kappa shape index (κ3) is 4.56. The van der Waals surface area contributed by atoms with Crippen molar-refractivity contribution in [1.29, 1.82) is 0 Å². The number of carbonyl (C=O) groups is 1. The smallest absolute Gasteiger partial charge is 0.256 e. The Morgan fingerprint density at radius 1 is 1.28 bits per heavy atom. The molecule has 1 aromatic carbocycles. The second kappa shape index (κ2) is 8.73. The molecule has 6 nitrogen and oxygen atoms in total. The quantitative estimate of drug-likeness (QED) is 0.735. The van der Waals surface area contributed by atoms with Gasteiger partial charge in [0.1, 0.15) is 5.82 Å². The highest BCUT2D eigenvalue weighted by atomic mass is 32.2. The molecule has 0 N–H and O–H groups in total. The van der Waals surface area contributed by atoms with E-state index in [4.69, 9.17) is 4.74 Å². The Morgan fingerprint density at radius 3 is 2.56 bits per heavy atom. The topological polar surface area (TPSA) is 66.9 Å². The Labute approximate surface area is 148 Å². The molecular formula is C17H25FN2O4S. The number of benzene rings is 1. The number of hydrogen-bond acceptors (Lipinski definition) is 4. The molecule has 1 aliphatic heterocycles. The fourth-order valence-corrected chi connectivity index (χ4v) is 4.12. The molecule has 0 aliphatic carbocycles. The number of morpholine rings is 1. The van der Waals surface area contributed by atoms with Crippen molar-refractivity contribution in [2.45, 2.75) is 31.6 Å². The molecule has 1 heterocycles. The standard InChI is InChI=1S/C17H25FN2O4S/c1-3-5-8-19(4-2)17(21)15-13-14(6-7-16(15)18)25(22,23)20-9-11-24-12-10-20/h6-7,13H,3-5,8-12H2,1-2H3. The Morgan fingerprint density at radius 2 is 1.96 bits per heavy atom. The number of nitrogens with zero attached hydrogens (tertiary/aromatic N) is 2. The molecule has 1 saturated heterocycles. The minimum absolute atomic E-state index is 0.0642. The predicted molar refractivity (Wildman–Crippen MR) is 92.5 cm³/mol. The Bertz CT molecular complexity index is 703. The van der Waals surface area contributed by atoms with Gasteiger partial charge in [0, 0.05) is 26.2 Å². The van der Waals surface area contributed by atoms with Crippen LogP contribution < -0.4 is 0 Å². The molecule has 0 atom stereocenters. The predicted octanol–water partition coefficient (Wildman–Crippen LogP) is 2.11. The average Bonchev–Trinajstić information content (AvgIpc) is 2.63. The number of halogens is 1. The lowest BCUT2D eigenvalue weighted by molar-refractivity contribution is 0.0729. The molecule has 140 valence electrons. The molecule has 0 aromatic heterocycles. The first-order chi connectivity index (χ1) is 11.9. The molecule has 0 spiro atoms. The maximum atomic E-state index is 14.2. The minimum atomic E-state index is -3.77. The van der Waals surface area contributed by atoms with Crippen LogP contribution in [0, 0.1) is 5.82 Å². The van der Waals surface area contributed by atoms with E-state index in [0.717, 1.165) is 25.0 Å². The fourth-order valence-electron chi connectivity index (χ4n) is 2.69. The molecule has 0 radical (unpaired) electrons. The summed E-state index contributed by atoms with van der Waals surface area (Å²) in [6.45, 7) is 5.94. The summed E-state index contributed by atoms with van der Waals surface area (Å²) >= 11 is 0. The van der Waals surface area contributed by atoms with Crippen molar-refractivity contribution in [3.8, 4) is 0 Å². The van der Waals surface area contributed by atoms with Crippen LogP contribution in [-0.2, 0) is 14.8 Å². The van der Waals surface area contributed by atoms with E-state index in [0.29, 0.717) is 26.3 Å². The van der Waals surface area contributed by atoms with Crippen LogP contribution in [-0.4, -0.2) is 62.9 Å². The van der Waals surface area contributed by atoms with Gasteiger partial charge in [0.2, 0.25) is 10.0 Å². The van der Waals surface area contributed by atoms with Crippen LogP contribution in [0.1, 0.15) is 37.0 Å². The number of sulfonamides is 1. The van der Waals surface area contributed by atoms with Gasteiger partial charge in [0.05, 0.1) is 23.7 Å². The first-order valence-electron chi connectivity index (χ1n) is 8.58. The maximum Gasteiger partial charge on any atom is 0.256 e. The molecule has 0 unspecified atom stereocenters. The van der Waals surface area contributed by atoms with Crippen LogP contribution >= 0.6 is 0 Å². The molecule has 1 fully saturated rings. The largest absolute Gasteiger partial charge is 0.379 e. The SMILES string of the molecule is CCCCN(CC)C(=O)c1cc(S(=O)(=O)N2CCOCC2)ccc1F. The summed E-state index contributed by atoms with van der Waals surface area (Å²) in [5, 5.41) is 0. The number of hydrogen-bond donors (Lipinski definition) is 0. The molecule has 25 heavy (non-hydrogen) atoms. The van der Waals surface area contributed by atoms with Crippen LogP contribution in [0.3, 0.4) is 0 Å². The van der Waals surface area contributed by atoms with E-state index in [1.54, 1.807) is 0 Å². The third-order valence-corrected chi connectivity index (χ3v) is 6.12. The van der Waals surface area contributed by atoms with Gasteiger partial charge in [-0.2, -0.15) is 4.31 Å². The lowest BCUT2D eigenvalue weighted by atomic mass is 10.1. The van der Waals surface area contributed by atoms with Gasteiger partial charge in [0.25, 0.3) is 5.91 Å². The summed E-state index contributed by atoms with van der Waals surface area (Å²) in [5.41, 5.74) is -0.202. The lowest BCUT2D eigenvalue weighted by Gasteiger charge is -2.26. The van der Waals surface area contributed by atoms with Crippen LogP contribution in [0.25, 0.3) is 0 Å². The third-order valence-electron chi connectivity index (χ3n) is 4.23. The van der Waals surface area contributed by atoms with Crippen molar-refractivity contribution in [3.05, 3.63) is 29.6 Å². The van der Waals surface area contributed by atoms with Gasteiger partial charge >= 0.3 is 0 Å². The van der Waals surface area contributed by atoms with Crippen molar-refractivity contribution in [3.63, 3.8) is 0 Å². The summed E-state index contributed by atoms with van der Waals surface area (Å²) < 4.78 is 46.1. The summed E-state index contributed by atoms with van der Waals surface area (Å²) in [5.74, 6) is -1.19. The van der Waals surface area contributed by atoms with Gasteiger partial charge in [-0.15, -0.1) is 0 Å². The van der Waals surface area contributed by atoms with Gasteiger partial charge in [-0.3, -0.25) is 4.79 Å². The van der Waals surface area contributed by atoms with Crippen molar-refractivity contribution < 1.29 is 22.3 Å². The zero-order chi connectivity index (χ0) is 18.4. The first-order valence-corrected chi connectivity index (χ1v) is 10.0. The van der Waals surface area contributed by atoms with Gasteiger partial charge in [-0.25, -0.2) is 12.8 Å².